The van der Waals surface area contributed by atoms with Crippen molar-refractivity contribution in [3.05, 3.63) is 0 Å². The van der Waals surface area contributed by atoms with Crippen LogP contribution in [0.25, 0.3) is 0 Å². The highest BCUT2D eigenvalue weighted by Crippen LogP contribution is 2.18. The Hall–Kier alpha value is -0.120. The molecule has 3 nitrogen and oxygen atoms in total. The molecule has 0 aromatic heterocycles. The molecule has 0 radical (unpaired) electrons. The van der Waals surface area contributed by atoms with Crippen molar-refractivity contribution in [2.75, 3.05) is 0 Å². The fourth-order valence-electron chi connectivity index (χ4n) is 1.84. The van der Waals surface area contributed by atoms with E-state index in [-0.39, 0.29) is 27.9 Å². The normalized spacial score (nSPS) is 13.3. The van der Waals surface area contributed by atoms with Gasteiger partial charge in [0.2, 0.25) is 0 Å². The smallest absolute Gasteiger partial charge is 0.0605 e. The zero-order chi connectivity index (χ0) is 15.4. The third kappa shape index (κ3) is 31.9. The molecule has 0 fully saturated rings. The van der Waals surface area contributed by atoms with E-state index in [1.54, 1.807) is 0 Å². The zero-order valence-corrected chi connectivity index (χ0v) is 15.3. The highest BCUT2D eigenvalue weighted by atomic mass is 16.5. The minimum atomic E-state index is -0.0156. The summed E-state index contributed by atoms with van der Waals surface area (Å²) in [7, 11) is 0. The molecule has 0 aliphatic carbocycles. The minimum absolute atomic E-state index is 0. The van der Waals surface area contributed by atoms with Gasteiger partial charge in [-0.1, -0.05) is 0 Å². The van der Waals surface area contributed by atoms with Gasteiger partial charge in [-0.2, -0.15) is 0 Å². The molecular formula is C16H38O3. The van der Waals surface area contributed by atoms with Crippen LogP contribution in [0.4, 0.5) is 0 Å². The van der Waals surface area contributed by atoms with E-state index in [0.717, 1.165) is 0 Å². The van der Waals surface area contributed by atoms with Gasteiger partial charge in [-0.15, -0.1) is 0 Å². The standard InChI is InChI=1S/2C8H18O.H2O/c2*1-7(2,3)9-8(4,5)6;/h2*1-6H3;1H2. The van der Waals surface area contributed by atoms with Crippen molar-refractivity contribution in [2.24, 2.45) is 0 Å². The van der Waals surface area contributed by atoms with E-state index in [4.69, 9.17) is 9.47 Å². The van der Waals surface area contributed by atoms with E-state index in [9.17, 15) is 0 Å². The fraction of sp³-hybridized carbons (Fsp3) is 1.00. The van der Waals surface area contributed by atoms with Crippen LogP contribution in [-0.4, -0.2) is 27.9 Å². The summed E-state index contributed by atoms with van der Waals surface area (Å²) in [5, 5.41) is 0. The average Bonchev–Trinajstić information content (AvgIpc) is 1.64. The van der Waals surface area contributed by atoms with Crippen molar-refractivity contribution in [2.45, 2.75) is 105 Å². The highest BCUT2D eigenvalue weighted by Gasteiger charge is 2.20. The van der Waals surface area contributed by atoms with Crippen LogP contribution < -0.4 is 0 Å². The van der Waals surface area contributed by atoms with Crippen molar-refractivity contribution in [1.29, 1.82) is 0 Å². The molecule has 0 aromatic carbocycles. The second kappa shape index (κ2) is 7.61. The van der Waals surface area contributed by atoms with Gasteiger partial charge < -0.3 is 14.9 Å². The lowest BCUT2D eigenvalue weighted by molar-refractivity contribution is -0.102. The van der Waals surface area contributed by atoms with Crippen LogP contribution in [0.2, 0.25) is 0 Å². The SMILES string of the molecule is CC(C)(C)OC(C)(C)C.CC(C)(C)OC(C)(C)C.O. The van der Waals surface area contributed by atoms with Crippen LogP contribution >= 0.6 is 0 Å². The maximum absolute atomic E-state index is 5.62. The molecule has 19 heavy (non-hydrogen) atoms. The highest BCUT2D eigenvalue weighted by molar-refractivity contribution is 4.68. The van der Waals surface area contributed by atoms with Gasteiger partial charge in [0.1, 0.15) is 0 Å². The molecule has 0 spiro atoms. The number of rotatable bonds is 0. The summed E-state index contributed by atoms with van der Waals surface area (Å²) < 4.78 is 11.2. The van der Waals surface area contributed by atoms with E-state index in [1.165, 1.54) is 0 Å². The lowest BCUT2D eigenvalue weighted by Crippen LogP contribution is -2.31. The Morgan fingerprint density at radius 2 is 0.474 bits per heavy atom. The molecule has 0 rings (SSSR count). The molecule has 0 saturated carbocycles. The van der Waals surface area contributed by atoms with Crippen LogP contribution in [0.5, 0.6) is 0 Å². The summed E-state index contributed by atoms with van der Waals surface area (Å²) in [4.78, 5) is 0. The predicted octanol–water partition coefficient (Wildman–Crippen LogP) is 4.38. The molecule has 0 unspecified atom stereocenters. The molecular weight excluding hydrogens is 240 g/mol. The second-order valence-electron chi connectivity index (χ2n) is 8.65. The van der Waals surface area contributed by atoms with Gasteiger partial charge in [-0.25, -0.2) is 0 Å². The monoisotopic (exact) mass is 278 g/mol. The Morgan fingerprint density at radius 3 is 0.474 bits per heavy atom. The molecule has 0 aliphatic rings. The lowest BCUT2D eigenvalue weighted by Gasteiger charge is -2.30. The van der Waals surface area contributed by atoms with Crippen LogP contribution in [0.15, 0.2) is 0 Å². The first-order chi connectivity index (χ1) is 7.41. The number of hydrogen-bond donors (Lipinski definition) is 0. The van der Waals surface area contributed by atoms with Gasteiger partial charge in [0.25, 0.3) is 0 Å². The zero-order valence-electron chi connectivity index (χ0n) is 15.3. The van der Waals surface area contributed by atoms with Crippen LogP contribution in [0.3, 0.4) is 0 Å². The predicted molar refractivity (Wildman–Crippen MR) is 84.8 cm³/mol. The first-order valence-electron chi connectivity index (χ1n) is 6.82. The Labute approximate surface area is 121 Å². The van der Waals surface area contributed by atoms with Gasteiger partial charge in [-0.05, 0) is 83.1 Å². The quantitative estimate of drug-likeness (QED) is 0.660. The van der Waals surface area contributed by atoms with Gasteiger partial charge in [0, 0.05) is 0 Å². The van der Waals surface area contributed by atoms with Gasteiger partial charge in [0.15, 0.2) is 0 Å². The van der Waals surface area contributed by atoms with Crippen molar-refractivity contribution >= 4 is 0 Å². The lowest BCUT2D eigenvalue weighted by atomic mass is 10.1. The van der Waals surface area contributed by atoms with E-state index in [1.807, 2.05) is 0 Å². The Kier molecular flexibility index (Phi) is 9.58. The van der Waals surface area contributed by atoms with Gasteiger partial charge in [-0.3, -0.25) is 0 Å². The summed E-state index contributed by atoms with van der Waals surface area (Å²) in [6, 6.07) is 0. The van der Waals surface area contributed by atoms with Gasteiger partial charge >= 0.3 is 0 Å². The summed E-state index contributed by atoms with van der Waals surface area (Å²) in [5.41, 5.74) is -0.0625. The molecule has 0 saturated heterocycles. The first-order valence-corrected chi connectivity index (χ1v) is 6.82. The van der Waals surface area contributed by atoms with E-state index < -0.39 is 0 Å². The maximum atomic E-state index is 5.62. The molecule has 0 heterocycles. The summed E-state index contributed by atoms with van der Waals surface area (Å²) in [6.07, 6.45) is 0. The molecule has 0 amide bonds. The second-order valence-corrected chi connectivity index (χ2v) is 8.65. The van der Waals surface area contributed by atoms with E-state index in [2.05, 4.69) is 83.1 Å². The van der Waals surface area contributed by atoms with Crippen molar-refractivity contribution in [1.82, 2.24) is 0 Å². The van der Waals surface area contributed by atoms with E-state index in [0.29, 0.717) is 0 Å². The Bertz CT molecular complexity index is 168. The fourth-order valence-corrected chi connectivity index (χ4v) is 1.84. The Balaban J connectivity index is -0.000000256. The largest absolute Gasteiger partial charge is 0.412 e. The van der Waals surface area contributed by atoms with Crippen LogP contribution in [0.1, 0.15) is 83.1 Å². The molecule has 120 valence electrons. The molecule has 0 bridgehead atoms. The maximum Gasteiger partial charge on any atom is 0.0605 e. The Morgan fingerprint density at radius 1 is 0.368 bits per heavy atom. The summed E-state index contributed by atoms with van der Waals surface area (Å²) >= 11 is 0. The minimum Gasteiger partial charge on any atom is -0.412 e. The molecule has 3 heteroatoms. The molecule has 0 aliphatic heterocycles. The van der Waals surface area contributed by atoms with Gasteiger partial charge in [0.05, 0.1) is 22.4 Å². The number of ether oxygens (including phenoxy) is 2. The van der Waals surface area contributed by atoms with E-state index >= 15 is 0 Å². The summed E-state index contributed by atoms with van der Waals surface area (Å²) in [5.74, 6) is 0. The summed E-state index contributed by atoms with van der Waals surface area (Å²) in [6.45, 7) is 24.8. The molecule has 0 aromatic rings. The average molecular weight is 278 g/mol. The third-order valence-corrected chi connectivity index (χ3v) is 1.22. The number of hydrogen-bond acceptors (Lipinski definition) is 2. The van der Waals surface area contributed by atoms with Crippen LogP contribution in [-0.2, 0) is 9.47 Å². The first kappa shape index (κ1) is 23.9. The van der Waals surface area contributed by atoms with Crippen molar-refractivity contribution in [3.63, 3.8) is 0 Å². The third-order valence-electron chi connectivity index (χ3n) is 1.22. The molecule has 0 atom stereocenters. The van der Waals surface area contributed by atoms with Crippen LogP contribution in [0, 0.1) is 0 Å². The topological polar surface area (TPSA) is 50.0 Å². The van der Waals surface area contributed by atoms with Crippen molar-refractivity contribution in [3.8, 4) is 0 Å². The van der Waals surface area contributed by atoms with Crippen molar-refractivity contribution < 1.29 is 14.9 Å². The molecule has 2 N–H and O–H groups in total.